The van der Waals surface area contributed by atoms with Gasteiger partial charge in [0.2, 0.25) is 0 Å². The van der Waals surface area contributed by atoms with E-state index in [-0.39, 0.29) is 0 Å². The average Bonchev–Trinajstić information content (AvgIpc) is 3.78. The highest BCUT2D eigenvalue weighted by atomic mass is 15.1. The lowest BCUT2D eigenvalue weighted by Crippen LogP contribution is -2.11. The molecule has 2 aromatic heterocycles. The molecule has 0 saturated heterocycles. The highest BCUT2D eigenvalue weighted by molar-refractivity contribution is 6.14. The van der Waals surface area contributed by atoms with Gasteiger partial charge in [0.15, 0.2) is 0 Å². The zero-order valence-corrected chi connectivity index (χ0v) is 30.0. The fraction of sp³-hybridized carbons (Fsp3) is 0. The normalized spacial score (nSPS) is 11.6. The smallest absolute Gasteiger partial charge is 0.0619 e. The van der Waals surface area contributed by atoms with Gasteiger partial charge in [0.25, 0.3) is 0 Å². The predicted molar refractivity (Wildman–Crippen MR) is 233 cm³/mol. The molecule has 11 aromatic rings. The van der Waals surface area contributed by atoms with Gasteiger partial charge in [0, 0.05) is 55.2 Å². The summed E-state index contributed by atoms with van der Waals surface area (Å²) in [4.78, 5) is 2.43. The number of para-hydroxylation sites is 6. The summed E-state index contributed by atoms with van der Waals surface area (Å²) in [5.41, 5.74) is 12.6. The lowest BCUT2D eigenvalue weighted by molar-refractivity contribution is 1.17. The molecular weight excluding hydrogens is 667 g/mol. The van der Waals surface area contributed by atoms with Crippen LogP contribution in [0, 0.1) is 0 Å². The Balaban J connectivity index is 1.28. The molecule has 3 nitrogen and oxygen atoms in total. The Kier molecular flexibility index (Phi) is 7.17. The lowest BCUT2D eigenvalue weighted by Gasteiger charge is -2.28. The number of benzene rings is 9. The van der Waals surface area contributed by atoms with Crippen LogP contribution >= 0.6 is 0 Å². The van der Waals surface area contributed by atoms with E-state index >= 15 is 0 Å². The third kappa shape index (κ3) is 4.98. The van der Waals surface area contributed by atoms with Crippen LogP contribution in [0.1, 0.15) is 0 Å². The van der Waals surface area contributed by atoms with Crippen molar-refractivity contribution in [1.29, 1.82) is 0 Å². The van der Waals surface area contributed by atoms with Crippen LogP contribution in [-0.2, 0) is 0 Å². The molecule has 0 amide bonds. The Hall–Kier alpha value is -7.36. The predicted octanol–water partition coefficient (Wildman–Crippen LogP) is 14.2. The van der Waals surface area contributed by atoms with Gasteiger partial charge >= 0.3 is 0 Å². The second-order valence-electron chi connectivity index (χ2n) is 14.2. The minimum atomic E-state index is 1.08. The number of nitrogens with zero attached hydrogens (tertiary/aromatic N) is 3. The standard InChI is InChI=1S/C52H35N3/c1-3-19-38(20-4-1)53(48-32-15-18-36-17-7-8-23-42(36)48)40-33-37(34-41(35-40)54-49-29-12-9-24-44(49)45-25-10-13-30-50(45)54)43-27-16-28-47-46-26-11-14-31-51(46)55(52(43)47)39-21-5-2-6-22-39/h1-35H. The minimum Gasteiger partial charge on any atom is -0.310 e. The highest BCUT2D eigenvalue weighted by Gasteiger charge is 2.22. The van der Waals surface area contributed by atoms with E-state index < -0.39 is 0 Å². The van der Waals surface area contributed by atoms with Crippen LogP contribution < -0.4 is 4.90 Å². The molecule has 0 aliphatic rings. The fourth-order valence-corrected chi connectivity index (χ4v) is 8.71. The van der Waals surface area contributed by atoms with Gasteiger partial charge in [-0.2, -0.15) is 0 Å². The van der Waals surface area contributed by atoms with Crippen LogP contribution in [-0.4, -0.2) is 9.13 Å². The van der Waals surface area contributed by atoms with Crippen LogP contribution in [0.4, 0.5) is 17.1 Å². The van der Waals surface area contributed by atoms with E-state index in [1.54, 1.807) is 0 Å². The van der Waals surface area contributed by atoms with Crippen LogP contribution in [0.25, 0.3) is 76.9 Å². The van der Waals surface area contributed by atoms with Gasteiger partial charge in [-0.15, -0.1) is 0 Å². The third-order valence-electron chi connectivity index (χ3n) is 11.0. The molecule has 0 fully saturated rings. The van der Waals surface area contributed by atoms with E-state index in [4.69, 9.17) is 0 Å². The Morgan fingerprint density at radius 1 is 0.327 bits per heavy atom. The van der Waals surface area contributed by atoms with E-state index in [0.29, 0.717) is 0 Å². The van der Waals surface area contributed by atoms with E-state index in [1.807, 2.05) is 0 Å². The Labute approximate surface area is 319 Å². The number of hydrogen-bond acceptors (Lipinski definition) is 1. The van der Waals surface area contributed by atoms with Crippen LogP contribution in [0.3, 0.4) is 0 Å². The SMILES string of the molecule is c1ccc(N(c2cc(-c3cccc4c5ccccc5n(-c5ccccc5)c34)cc(-n3c4ccccc4c4ccccc43)c2)c2cccc3ccccc23)cc1. The molecule has 0 aliphatic heterocycles. The first kappa shape index (κ1) is 31.2. The number of rotatable bonds is 6. The molecule has 2 heterocycles. The summed E-state index contributed by atoms with van der Waals surface area (Å²) in [7, 11) is 0. The van der Waals surface area contributed by atoms with Crippen molar-refractivity contribution < 1.29 is 0 Å². The molecule has 11 rings (SSSR count). The summed E-state index contributed by atoms with van der Waals surface area (Å²) in [6.07, 6.45) is 0. The van der Waals surface area contributed by atoms with Crippen molar-refractivity contribution in [3.8, 4) is 22.5 Å². The summed E-state index contributed by atoms with van der Waals surface area (Å²) < 4.78 is 4.88. The first-order chi connectivity index (χ1) is 27.3. The van der Waals surface area contributed by atoms with Gasteiger partial charge in [-0.3, -0.25) is 0 Å². The second kappa shape index (κ2) is 12.6. The second-order valence-corrected chi connectivity index (χ2v) is 14.2. The van der Waals surface area contributed by atoms with Crippen molar-refractivity contribution in [2.24, 2.45) is 0 Å². The monoisotopic (exact) mass is 701 g/mol. The zero-order valence-electron chi connectivity index (χ0n) is 30.0. The summed E-state index contributed by atoms with van der Waals surface area (Å²) in [5, 5.41) is 7.36. The maximum atomic E-state index is 2.44. The molecule has 3 heteroatoms. The number of aromatic nitrogens is 2. The maximum absolute atomic E-state index is 2.44. The molecule has 0 saturated carbocycles. The summed E-state index contributed by atoms with van der Waals surface area (Å²) in [5.74, 6) is 0. The largest absolute Gasteiger partial charge is 0.310 e. The Morgan fingerprint density at radius 3 is 1.56 bits per heavy atom. The zero-order chi connectivity index (χ0) is 36.3. The molecule has 258 valence electrons. The van der Waals surface area contributed by atoms with Crippen molar-refractivity contribution in [3.63, 3.8) is 0 Å². The summed E-state index contributed by atoms with van der Waals surface area (Å²) in [6, 6.07) is 77.1. The summed E-state index contributed by atoms with van der Waals surface area (Å²) >= 11 is 0. The van der Waals surface area contributed by atoms with E-state index in [2.05, 4.69) is 226 Å². The molecule has 0 N–H and O–H groups in total. The van der Waals surface area contributed by atoms with Gasteiger partial charge in [0.1, 0.15) is 0 Å². The van der Waals surface area contributed by atoms with Gasteiger partial charge in [-0.25, -0.2) is 0 Å². The van der Waals surface area contributed by atoms with Crippen LogP contribution in [0.2, 0.25) is 0 Å². The van der Waals surface area contributed by atoms with E-state index in [1.165, 1.54) is 59.9 Å². The van der Waals surface area contributed by atoms with Crippen molar-refractivity contribution in [2.45, 2.75) is 0 Å². The van der Waals surface area contributed by atoms with Crippen molar-refractivity contribution >= 4 is 71.4 Å². The summed E-state index contributed by atoms with van der Waals surface area (Å²) in [6.45, 7) is 0. The van der Waals surface area contributed by atoms with Crippen molar-refractivity contribution in [1.82, 2.24) is 9.13 Å². The Bertz CT molecular complexity index is 3150. The fourth-order valence-electron chi connectivity index (χ4n) is 8.71. The molecule has 0 bridgehead atoms. The molecule has 0 radical (unpaired) electrons. The van der Waals surface area contributed by atoms with Gasteiger partial charge < -0.3 is 14.0 Å². The van der Waals surface area contributed by atoms with Crippen molar-refractivity contribution in [3.05, 3.63) is 212 Å². The molecular formula is C52H35N3. The first-order valence-corrected chi connectivity index (χ1v) is 18.9. The number of anilines is 3. The first-order valence-electron chi connectivity index (χ1n) is 18.9. The third-order valence-corrected chi connectivity index (χ3v) is 11.0. The van der Waals surface area contributed by atoms with Gasteiger partial charge in [0.05, 0.1) is 27.8 Å². The Morgan fingerprint density at radius 2 is 0.855 bits per heavy atom. The molecule has 0 spiro atoms. The number of fused-ring (bicyclic) bond motifs is 7. The molecule has 0 atom stereocenters. The van der Waals surface area contributed by atoms with E-state index in [0.717, 1.165) is 34.0 Å². The minimum absolute atomic E-state index is 1.08. The van der Waals surface area contributed by atoms with Crippen LogP contribution in [0.5, 0.6) is 0 Å². The molecule has 9 aromatic carbocycles. The quantitative estimate of drug-likeness (QED) is 0.168. The maximum Gasteiger partial charge on any atom is 0.0619 e. The van der Waals surface area contributed by atoms with Crippen molar-refractivity contribution in [2.75, 3.05) is 4.90 Å². The molecule has 0 aliphatic carbocycles. The van der Waals surface area contributed by atoms with Crippen LogP contribution in [0.15, 0.2) is 212 Å². The van der Waals surface area contributed by atoms with Gasteiger partial charge in [-0.1, -0.05) is 146 Å². The topological polar surface area (TPSA) is 13.1 Å². The van der Waals surface area contributed by atoms with E-state index in [9.17, 15) is 0 Å². The number of hydrogen-bond donors (Lipinski definition) is 0. The lowest BCUT2D eigenvalue weighted by atomic mass is 9.99. The highest BCUT2D eigenvalue weighted by Crippen LogP contribution is 2.45. The average molecular weight is 702 g/mol. The van der Waals surface area contributed by atoms with Gasteiger partial charge in [-0.05, 0) is 77.7 Å². The molecule has 0 unspecified atom stereocenters. The molecule has 55 heavy (non-hydrogen) atoms.